The molecule has 0 aliphatic heterocycles. The van der Waals surface area contributed by atoms with Gasteiger partial charge in [-0.15, -0.1) is 0 Å². The summed E-state index contributed by atoms with van der Waals surface area (Å²) < 4.78 is 7.67. The number of ether oxygens (including phenoxy) is 1. The number of nitrogens with one attached hydrogen (secondary N) is 1. The van der Waals surface area contributed by atoms with Gasteiger partial charge in [-0.25, -0.2) is 0 Å². The van der Waals surface area contributed by atoms with E-state index in [4.69, 9.17) is 4.74 Å². The molecule has 0 saturated heterocycles. The minimum Gasteiger partial charge on any atom is -0.380 e. The molecule has 110 valence electrons. The second-order valence-electron chi connectivity index (χ2n) is 4.28. The fraction of sp³-hybridized carbons (Fsp3) is 0.133. The SMILES string of the molecule is COCc1c(Br)cccc1NC(=O)c1cc(Br)ccc1Br. The number of amides is 1. The maximum absolute atomic E-state index is 12.4. The van der Waals surface area contributed by atoms with Gasteiger partial charge in [0, 0.05) is 31.8 Å². The molecule has 0 saturated carbocycles. The first-order chi connectivity index (χ1) is 10.0. The average molecular weight is 478 g/mol. The van der Waals surface area contributed by atoms with Crippen molar-refractivity contribution in [2.45, 2.75) is 6.61 Å². The third kappa shape index (κ3) is 4.16. The van der Waals surface area contributed by atoms with Crippen LogP contribution in [0.3, 0.4) is 0 Å². The lowest BCUT2D eigenvalue weighted by molar-refractivity contribution is 0.102. The standard InChI is InChI=1S/C15H12Br3NO2/c1-21-8-11-12(17)3-2-4-14(11)19-15(20)10-7-9(16)5-6-13(10)18/h2-7H,8H2,1H3,(H,19,20). The van der Waals surface area contributed by atoms with Crippen LogP contribution in [0.15, 0.2) is 49.8 Å². The summed E-state index contributed by atoms with van der Waals surface area (Å²) >= 11 is 10.2. The molecule has 0 aliphatic carbocycles. The Bertz CT molecular complexity index is 674. The Labute approximate surface area is 148 Å². The Morgan fingerprint density at radius 2 is 1.90 bits per heavy atom. The maximum atomic E-state index is 12.4. The number of methoxy groups -OCH3 is 1. The first kappa shape index (κ1) is 16.7. The molecule has 0 fully saturated rings. The first-order valence-electron chi connectivity index (χ1n) is 6.05. The van der Waals surface area contributed by atoms with Gasteiger partial charge in [-0.2, -0.15) is 0 Å². The molecule has 0 bridgehead atoms. The summed E-state index contributed by atoms with van der Waals surface area (Å²) in [5.74, 6) is -0.182. The number of carbonyl (C=O) groups is 1. The van der Waals surface area contributed by atoms with Gasteiger partial charge in [0.05, 0.1) is 12.2 Å². The molecule has 0 radical (unpaired) electrons. The van der Waals surface area contributed by atoms with Crippen LogP contribution in [0, 0.1) is 0 Å². The molecule has 0 aromatic heterocycles. The number of hydrogen-bond donors (Lipinski definition) is 1. The fourth-order valence-corrected chi connectivity index (χ4v) is 3.10. The van der Waals surface area contributed by atoms with E-state index in [-0.39, 0.29) is 5.91 Å². The molecule has 1 N–H and O–H groups in total. The fourth-order valence-electron chi connectivity index (χ4n) is 1.83. The van der Waals surface area contributed by atoms with Crippen LogP contribution in [-0.2, 0) is 11.3 Å². The average Bonchev–Trinajstić information content (AvgIpc) is 2.45. The van der Waals surface area contributed by atoms with Gasteiger partial charge in [0.1, 0.15) is 0 Å². The highest BCUT2D eigenvalue weighted by Gasteiger charge is 2.14. The van der Waals surface area contributed by atoms with Crippen LogP contribution >= 0.6 is 47.8 Å². The van der Waals surface area contributed by atoms with Crippen LogP contribution in [0.25, 0.3) is 0 Å². The zero-order valence-corrected chi connectivity index (χ0v) is 15.9. The van der Waals surface area contributed by atoms with Gasteiger partial charge in [0.15, 0.2) is 0 Å². The molecule has 0 unspecified atom stereocenters. The van der Waals surface area contributed by atoms with Gasteiger partial charge in [-0.1, -0.05) is 37.9 Å². The quantitative estimate of drug-likeness (QED) is 0.642. The summed E-state index contributed by atoms with van der Waals surface area (Å²) in [6.07, 6.45) is 0. The molecule has 3 nitrogen and oxygen atoms in total. The molecule has 2 aromatic rings. The van der Waals surface area contributed by atoms with E-state index in [1.807, 2.05) is 30.3 Å². The predicted molar refractivity (Wildman–Crippen MR) is 94.7 cm³/mol. The van der Waals surface area contributed by atoms with E-state index in [0.29, 0.717) is 12.2 Å². The highest BCUT2D eigenvalue weighted by Crippen LogP contribution is 2.27. The van der Waals surface area contributed by atoms with E-state index in [1.165, 1.54) is 0 Å². The number of hydrogen-bond acceptors (Lipinski definition) is 2. The number of carbonyl (C=O) groups excluding carboxylic acids is 1. The van der Waals surface area contributed by atoms with Crippen molar-refractivity contribution in [3.8, 4) is 0 Å². The van der Waals surface area contributed by atoms with Gasteiger partial charge in [0.25, 0.3) is 5.91 Å². The predicted octanol–water partition coefficient (Wildman–Crippen LogP) is 5.37. The van der Waals surface area contributed by atoms with Gasteiger partial charge < -0.3 is 10.1 Å². The highest BCUT2D eigenvalue weighted by molar-refractivity contribution is 9.11. The second kappa shape index (κ2) is 7.54. The number of benzene rings is 2. The van der Waals surface area contributed by atoms with Crippen LogP contribution < -0.4 is 5.32 Å². The summed E-state index contributed by atoms with van der Waals surface area (Å²) in [5.41, 5.74) is 2.19. The molecule has 2 aromatic carbocycles. The largest absolute Gasteiger partial charge is 0.380 e. The molecule has 0 heterocycles. The van der Waals surface area contributed by atoms with E-state index >= 15 is 0 Å². The molecule has 0 atom stereocenters. The molecule has 6 heteroatoms. The molecule has 0 spiro atoms. The Kier molecular flexibility index (Phi) is 5.98. The normalized spacial score (nSPS) is 10.5. The molecule has 1 amide bonds. The van der Waals surface area contributed by atoms with Crippen molar-refractivity contribution in [1.82, 2.24) is 0 Å². The highest BCUT2D eigenvalue weighted by atomic mass is 79.9. The monoisotopic (exact) mass is 475 g/mol. The number of halogens is 3. The summed E-state index contributed by atoms with van der Waals surface area (Å²) in [6, 6.07) is 11.1. The minimum atomic E-state index is -0.182. The minimum absolute atomic E-state index is 0.182. The van der Waals surface area contributed by atoms with E-state index in [1.54, 1.807) is 13.2 Å². The van der Waals surface area contributed by atoms with Crippen molar-refractivity contribution in [3.05, 3.63) is 60.9 Å². The van der Waals surface area contributed by atoms with Crippen molar-refractivity contribution >= 4 is 59.4 Å². The van der Waals surface area contributed by atoms with Crippen molar-refractivity contribution in [1.29, 1.82) is 0 Å². The second-order valence-corrected chi connectivity index (χ2v) is 6.90. The molecular formula is C15H12Br3NO2. The lowest BCUT2D eigenvalue weighted by Crippen LogP contribution is -2.14. The molecule has 21 heavy (non-hydrogen) atoms. The van der Waals surface area contributed by atoms with Crippen molar-refractivity contribution in [3.63, 3.8) is 0 Å². The summed E-state index contributed by atoms with van der Waals surface area (Å²) in [4.78, 5) is 12.4. The van der Waals surface area contributed by atoms with Crippen molar-refractivity contribution in [2.24, 2.45) is 0 Å². The van der Waals surface area contributed by atoms with E-state index in [2.05, 4.69) is 53.1 Å². The Morgan fingerprint density at radius 3 is 2.62 bits per heavy atom. The maximum Gasteiger partial charge on any atom is 0.256 e. The topological polar surface area (TPSA) is 38.3 Å². The van der Waals surface area contributed by atoms with E-state index in [9.17, 15) is 4.79 Å². The Balaban J connectivity index is 2.31. The van der Waals surface area contributed by atoms with Gasteiger partial charge in [-0.3, -0.25) is 4.79 Å². The number of anilines is 1. The van der Waals surface area contributed by atoms with Gasteiger partial charge in [-0.05, 0) is 46.3 Å². The first-order valence-corrected chi connectivity index (χ1v) is 8.43. The third-order valence-corrected chi connectivity index (χ3v) is 4.76. The Morgan fingerprint density at radius 1 is 1.14 bits per heavy atom. The van der Waals surface area contributed by atoms with Gasteiger partial charge in [0.2, 0.25) is 0 Å². The van der Waals surface area contributed by atoms with Crippen LogP contribution in [0.1, 0.15) is 15.9 Å². The zero-order chi connectivity index (χ0) is 15.4. The third-order valence-electron chi connectivity index (χ3n) is 2.83. The van der Waals surface area contributed by atoms with Crippen molar-refractivity contribution < 1.29 is 9.53 Å². The van der Waals surface area contributed by atoms with Gasteiger partial charge >= 0.3 is 0 Å². The van der Waals surface area contributed by atoms with Crippen LogP contribution in [0.4, 0.5) is 5.69 Å². The Hall–Kier alpha value is -0.690. The molecule has 2 rings (SSSR count). The summed E-state index contributed by atoms with van der Waals surface area (Å²) in [6.45, 7) is 0.413. The van der Waals surface area contributed by atoms with E-state index < -0.39 is 0 Å². The molecule has 0 aliphatic rings. The smallest absolute Gasteiger partial charge is 0.256 e. The zero-order valence-electron chi connectivity index (χ0n) is 11.1. The van der Waals surface area contributed by atoms with E-state index in [0.717, 1.165) is 24.7 Å². The lowest BCUT2D eigenvalue weighted by atomic mass is 10.1. The van der Waals surface area contributed by atoms with Crippen LogP contribution in [-0.4, -0.2) is 13.0 Å². The van der Waals surface area contributed by atoms with Crippen molar-refractivity contribution in [2.75, 3.05) is 12.4 Å². The number of rotatable bonds is 4. The molecular weight excluding hydrogens is 466 g/mol. The summed E-state index contributed by atoms with van der Waals surface area (Å²) in [7, 11) is 1.62. The lowest BCUT2D eigenvalue weighted by Gasteiger charge is -2.13. The summed E-state index contributed by atoms with van der Waals surface area (Å²) in [5, 5.41) is 2.92. The van der Waals surface area contributed by atoms with Crippen LogP contribution in [0.2, 0.25) is 0 Å². The van der Waals surface area contributed by atoms with Crippen LogP contribution in [0.5, 0.6) is 0 Å².